The number of amides is 1. The highest BCUT2D eigenvalue weighted by Gasteiger charge is 2.48. The van der Waals surface area contributed by atoms with E-state index in [0.29, 0.717) is 5.92 Å². The number of likely N-dealkylation sites (tertiary alicyclic amines) is 1. The Morgan fingerprint density at radius 1 is 1.37 bits per heavy atom. The van der Waals surface area contributed by atoms with Crippen molar-refractivity contribution in [2.75, 3.05) is 33.3 Å². The van der Waals surface area contributed by atoms with E-state index in [-0.39, 0.29) is 11.5 Å². The molecule has 2 saturated heterocycles. The first-order valence-electron chi connectivity index (χ1n) is 9.67. The van der Waals surface area contributed by atoms with Crippen molar-refractivity contribution >= 4 is 5.91 Å². The predicted molar refractivity (Wildman–Crippen MR) is 103 cm³/mol. The molecule has 0 unspecified atom stereocenters. The van der Waals surface area contributed by atoms with E-state index in [4.69, 9.17) is 4.74 Å². The number of hydrogen-bond acceptors (Lipinski definition) is 4. The molecule has 4 heterocycles. The maximum Gasteiger partial charge on any atom is 0.270 e. The van der Waals surface area contributed by atoms with Crippen molar-refractivity contribution in [3.8, 4) is 0 Å². The van der Waals surface area contributed by atoms with Crippen molar-refractivity contribution in [3.63, 3.8) is 0 Å². The summed E-state index contributed by atoms with van der Waals surface area (Å²) in [5.41, 5.74) is 1.87. The fraction of sp³-hybridized carbons (Fsp3) is 0.524. The van der Waals surface area contributed by atoms with Crippen LogP contribution in [0.25, 0.3) is 0 Å². The van der Waals surface area contributed by atoms with Gasteiger partial charge in [0.15, 0.2) is 0 Å². The number of aromatic nitrogens is 2. The quantitative estimate of drug-likeness (QED) is 0.812. The zero-order chi connectivity index (χ0) is 18.9. The number of nitrogens with zero attached hydrogens (tertiary/aromatic N) is 4. The van der Waals surface area contributed by atoms with Crippen LogP contribution in [0.15, 0.2) is 42.9 Å². The first kappa shape index (κ1) is 18.2. The van der Waals surface area contributed by atoms with Crippen LogP contribution in [0, 0.1) is 5.92 Å². The van der Waals surface area contributed by atoms with E-state index in [1.165, 1.54) is 5.56 Å². The number of hydrogen-bond donors (Lipinski definition) is 0. The fourth-order valence-electron chi connectivity index (χ4n) is 4.26. The summed E-state index contributed by atoms with van der Waals surface area (Å²) in [6.07, 6.45) is 7.84. The second-order valence-electron chi connectivity index (χ2n) is 8.12. The number of ether oxygens (including phenoxy) is 1. The summed E-state index contributed by atoms with van der Waals surface area (Å²) in [4.78, 5) is 21.0. The fourth-order valence-corrected chi connectivity index (χ4v) is 4.26. The summed E-state index contributed by atoms with van der Waals surface area (Å²) in [7, 11) is 4.06. The average molecular weight is 368 g/mol. The van der Waals surface area contributed by atoms with Crippen LogP contribution in [0.1, 0.15) is 28.9 Å². The lowest BCUT2D eigenvalue weighted by molar-refractivity contribution is -0.168. The molecule has 6 heteroatoms. The van der Waals surface area contributed by atoms with Gasteiger partial charge in [0.2, 0.25) is 0 Å². The molecule has 2 aromatic heterocycles. The molecule has 2 aromatic rings. The Bertz CT molecular complexity index is 772. The Balaban J connectivity index is 1.23. The third-order valence-corrected chi connectivity index (χ3v) is 5.79. The highest BCUT2D eigenvalue weighted by Crippen LogP contribution is 2.36. The van der Waals surface area contributed by atoms with Crippen molar-refractivity contribution in [3.05, 3.63) is 54.1 Å². The largest absolute Gasteiger partial charge is 0.371 e. The van der Waals surface area contributed by atoms with Gasteiger partial charge in [0, 0.05) is 38.7 Å². The Labute approximate surface area is 160 Å². The molecule has 2 aliphatic heterocycles. The highest BCUT2D eigenvalue weighted by atomic mass is 16.5. The summed E-state index contributed by atoms with van der Waals surface area (Å²) >= 11 is 0. The monoisotopic (exact) mass is 368 g/mol. The Kier molecular flexibility index (Phi) is 5.02. The van der Waals surface area contributed by atoms with Gasteiger partial charge in [0.05, 0.1) is 19.7 Å². The maximum absolute atomic E-state index is 12.6. The minimum absolute atomic E-state index is 0.107. The molecule has 2 aliphatic rings. The van der Waals surface area contributed by atoms with Crippen LogP contribution < -0.4 is 0 Å². The lowest BCUT2D eigenvalue weighted by atomic mass is 9.82. The molecule has 0 N–H and O–H groups in total. The molecular formula is C21H28N4O2. The summed E-state index contributed by atoms with van der Waals surface area (Å²) < 4.78 is 8.13. The number of pyridine rings is 1. The van der Waals surface area contributed by atoms with Gasteiger partial charge in [-0.25, -0.2) is 0 Å². The molecule has 144 valence electrons. The van der Waals surface area contributed by atoms with E-state index in [2.05, 4.69) is 23.0 Å². The number of carbonyl (C=O) groups is 1. The lowest BCUT2D eigenvalue weighted by Crippen LogP contribution is -2.66. The van der Waals surface area contributed by atoms with Crippen molar-refractivity contribution in [1.82, 2.24) is 19.4 Å². The van der Waals surface area contributed by atoms with Gasteiger partial charge in [-0.2, -0.15) is 0 Å². The molecule has 27 heavy (non-hydrogen) atoms. The first-order valence-corrected chi connectivity index (χ1v) is 9.67. The Morgan fingerprint density at radius 3 is 2.85 bits per heavy atom. The second kappa shape index (κ2) is 7.44. The van der Waals surface area contributed by atoms with Crippen LogP contribution in [0.4, 0.5) is 0 Å². The lowest BCUT2D eigenvalue weighted by Gasteiger charge is -2.52. The predicted octanol–water partition coefficient (Wildman–Crippen LogP) is 2.17. The van der Waals surface area contributed by atoms with E-state index in [0.717, 1.165) is 51.3 Å². The molecule has 0 bridgehead atoms. The van der Waals surface area contributed by atoms with Gasteiger partial charge in [-0.1, -0.05) is 6.07 Å². The van der Waals surface area contributed by atoms with Crippen LogP contribution in [0.5, 0.6) is 0 Å². The minimum Gasteiger partial charge on any atom is -0.371 e. The van der Waals surface area contributed by atoms with Crippen LogP contribution in [-0.2, 0) is 18.3 Å². The van der Waals surface area contributed by atoms with E-state index < -0.39 is 0 Å². The molecule has 0 aliphatic carbocycles. The van der Waals surface area contributed by atoms with Crippen LogP contribution in [0.2, 0.25) is 0 Å². The molecule has 2 fully saturated rings. The summed E-state index contributed by atoms with van der Waals surface area (Å²) in [5.74, 6) is 0.657. The van der Waals surface area contributed by atoms with E-state index in [1.807, 2.05) is 53.3 Å². The molecule has 0 aromatic carbocycles. The molecular weight excluding hydrogens is 340 g/mol. The molecule has 0 radical (unpaired) electrons. The smallest absolute Gasteiger partial charge is 0.270 e. The van der Waals surface area contributed by atoms with Crippen molar-refractivity contribution in [1.29, 1.82) is 0 Å². The second-order valence-corrected chi connectivity index (χ2v) is 8.12. The highest BCUT2D eigenvalue weighted by molar-refractivity contribution is 5.93. The maximum atomic E-state index is 12.6. The molecule has 4 rings (SSSR count). The van der Waals surface area contributed by atoms with Gasteiger partial charge in [0.1, 0.15) is 11.3 Å². The van der Waals surface area contributed by atoms with Gasteiger partial charge in [-0.3, -0.25) is 9.78 Å². The number of rotatable bonds is 5. The first-order chi connectivity index (χ1) is 13.0. The summed E-state index contributed by atoms with van der Waals surface area (Å²) in [6.45, 7) is 4.15. The average Bonchev–Trinajstić information content (AvgIpc) is 3.07. The van der Waals surface area contributed by atoms with Crippen LogP contribution >= 0.6 is 0 Å². The third-order valence-electron chi connectivity index (χ3n) is 5.79. The van der Waals surface area contributed by atoms with Gasteiger partial charge in [-0.15, -0.1) is 0 Å². The zero-order valence-corrected chi connectivity index (χ0v) is 16.2. The summed E-state index contributed by atoms with van der Waals surface area (Å²) in [6, 6.07) is 7.88. The zero-order valence-electron chi connectivity index (χ0n) is 16.2. The topological polar surface area (TPSA) is 50.6 Å². The van der Waals surface area contributed by atoms with Crippen molar-refractivity contribution in [2.24, 2.45) is 13.0 Å². The molecule has 6 nitrogen and oxygen atoms in total. The summed E-state index contributed by atoms with van der Waals surface area (Å²) in [5, 5.41) is 0. The molecule has 1 amide bonds. The van der Waals surface area contributed by atoms with Crippen LogP contribution in [-0.4, -0.2) is 64.1 Å². The van der Waals surface area contributed by atoms with Gasteiger partial charge >= 0.3 is 0 Å². The normalized spacial score (nSPS) is 21.4. The van der Waals surface area contributed by atoms with Gasteiger partial charge in [-0.05, 0) is 49.6 Å². The van der Waals surface area contributed by atoms with Crippen LogP contribution in [0.3, 0.4) is 0 Å². The van der Waals surface area contributed by atoms with E-state index in [9.17, 15) is 4.79 Å². The number of carbonyl (C=O) groups excluding carboxylic acids is 1. The Hall–Kier alpha value is -2.18. The molecule has 1 spiro atoms. The minimum atomic E-state index is -0.112. The number of aryl methyl sites for hydroxylation is 1. The van der Waals surface area contributed by atoms with E-state index in [1.54, 1.807) is 0 Å². The molecule has 0 saturated carbocycles. The van der Waals surface area contributed by atoms with Crippen molar-refractivity contribution < 1.29 is 9.53 Å². The SMILES string of the molecule is CN(Cc1cccnc1)C[C@H]1CCC2(CN(C(=O)c3cccn3C)C2)OC1. The Morgan fingerprint density at radius 2 is 2.22 bits per heavy atom. The van der Waals surface area contributed by atoms with Gasteiger partial charge in [0.25, 0.3) is 5.91 Å². The third kappa shape index (κ3) is 3.92. The van der Waals surface area contributed by atoms with Crippen molar-refractivity contribution in [2.45, 2.75) is 25.0 Å². The van der Waals surface area contributed by atoms with E-state index >= 15 is 0 Å². The van der Waals surface area contributed by atoms with Gasteiger partial charge < -0.3 is 19.1 Å². The standard InChI is InChI=1S/C21H28N4O2/c1-23(12-17-5-3-9-22-11-17)13-18-7-8-21(27-14-18)15-25(16-21)20(26)19-6-4-10-24(19)2/h3-6,9-11,18H,7-8,12-16H2,1-2H3/t18-/m1/s1. The molecule has 1 atom stereocenters.